The van der Waals surface area contributed by atoms with Crippen LogP contribution in [0.4, 0.5) is 0 Å². The van der Waals surface area contributed by atoms with Crippen molar-refractivity contribution in [3.8, 4) is 0 Å². The molecule has 0 amide bonds. The maximum absolute atomic E-state index is 8.26. The minimum absolute atomic E-state index is 0.700. The average Bonchev–Trinajstić information content (AvgIpc) is 1.50. The van der Waals surface area contributed by atoms with Crippen LogP contribution in [0.1, 0.15) is 0 Å². The number of hydrogen-bond donors (Lipinski definition) is 0. The van der Waals surface area contributed by atoms with E-state index < -0.39 is 0 Å². The Bertz CT molecular complexity index is 6.00. The Balaban J connectivity index is 0. The summed E-state index contributed by atoms with van der Waals surface area (Å²) in [7, 11) is 0. The molecule has 0 bridgehead atoms. The Morgan fingerprint density at radius 3 is 0.750 bits per heavy atom. The fraction of sp³-hybridized carbons (Fsp3) is 0. The molecule has 0 atom stereocenters. The fourth-order valence-corrected chi connectivity index (χ4v) is 0. The summed E-state index contributed by atoms with van der Waals surface area (Å²) in [5.74, 6) is 0. The van der Waals surface area contributed by atoms with Crippen molar-refractivity contribution >= 4 is 0 Å². The van der Waals surface area contributed by atoms with Crippen LogP contribution in [0.15, 0.2) is 0 Å². The van der Waals surface area contributed by atoms with Crippen molar-refractivity contribution in [2.24, 2.45) is 0 Å². The molecule has 0 fully saturated rings. The van der Waals surface area contributed by atoms with Crippen LogP contribution in [-0.4, -0.2) is 0 Å². The van der Waals surface area contributed by atoms with Gasteiger partial charge in [0.05, 0.1) is 0 Å². The third-order valence-electron chi connectivity index (χ3n) is 0. The van der Waals surface area contributed by atoms with Gasteiger partial charge in [-0.3, -0.25) is 0 Å². The Hall–Kier alpha value is 0.977. The third kappa shape index (κ3) is 12.2. The molecule has 0 aliphatic heterocycles. The molecule has 0 unspecified atom stereocenters. The maximum atomic E-state index is 8.26. The van der Waals surface area contributed by atoms with Crippen molar-refractivity contribution in [3.05, 3.63) is 0 Å². The van der Waals surface area contributed by atoms with Crippen LogP contribution in [0, 0.1) is 0 Å². The molecule has 0 aliphatic rings. The van der Waals surface area contributed by atoms with Gasteiger partial charge in [0.15, 0.2) is 0 Å². The van der Waals surface area contributed by atoms with Gasteiger partial charge in [-0.05, 0) is 0 Å². The second-order valence-corrected chi connectivity index (χ2v) is 0. The van der Waals surface area contributed by atoms with E-state index in [0.717, 1.165) is 0 Å². The summed E-state index contributed by atoms with van der Waals surface area (Å²) in [5.41, 5.74) is 0. The van der Waals surface area contributed by atoms with Gasteiger partial charge in [-0.1, -0.05) is 0 Å². The van der Waals surface area contributed by atoms with E-state index in [0.29, 0.717) is 39.6 Å². The van der Waals surface area contributed by atoms with Crippen LogP contribution in [-0.2, 0) is 46.3 Å². The van der Waals surface area contributed by atoms with E-state index in [1.807, 2.05) is 0 Å². The van der Waals surface area contributed by atoms with Crippen LogP contribution in [0.3, 0.4) is 0 Å². The number of hydrogen-bond acceptors (Lipinski definition) is 2. The van der Waals surface area contributed by atoms with E-state index in [-0.39, 0.29) is 0 Å². The first-order chi connectivity index (χ1) is 2.00. The van der Waals surface area contributed by atoms with Crippen LogP contribution in [0.2, 0.25) is 0 Å². The van der Waals surface area contributed by atoms with E-state index in [2.05, 4.69) is 0 Å². The SMILES string of the molecule is [O]=[Mo].[O]=[Mo]. The predicted molar refractivity (Wildman–Crippen MR) is 1.37 cm³/mol. The van der Waals surface area contributed by atoms with Crippen LogP contribution < -0.4 is 0 Å². The molecular weight excluding hydrogens is 224 g/mol. The Kier molecular flexibility index (Phi) is 82.0. The average molecular weight is 224 g/mol. The van der Waals surface area contributed by atoms with Crippen LogP contribution >= 0.6 is 0 Å². The van der Waals surface area contributed by atoms with E-state index in [1.54, 1.807) is 0 Å². The zero-order chi connectivity index (χ0) is 4.00. The Morgan fingerprint density at radius 1 is 0.750 bits per heavy atom. The molecule has 0 aromatic carbocycles. The molecule has 0 saturated heterocycles. The summed E-state index contributed by atoms with van der Waals surface area (Å²) in [6.45, 7) is 0. The van der Waals surface area contributed by atoms with E-state index in [1.165, 1.54) is 0 Å². The minimum atomic E-state index is 0.700. The molecule has 2 nitrogen and oxygen atoms in total. The van der Waals surface area contributed by atoms with E-state index >= 15 is 0 Å². The molecule has 0 spiro atoms. The van der Waals surface area contributed by atoms with Crippen LogP contribution in [0.25, 0.3) is 0 Å². The second-order valence-electron chi connectivity index (χ2n) is 0. The molecule has 0 aliphatic carbocycles. The molecule has 0 aromatic heterocycles. The molecule has 0 saturated carbocycles. The zero-order valence-electron chi connectivity index (χ0n) is 1.63. The monoisotopic (exact) mass is 228 g/mol. The summed E-state index contributed by atoms with van der Waals surface area (Å²) >= 11 is 1.40. The summed E-state index contributed by atoms with van der Waals surface area (Å²) in [6, 6.07) is 0. The van der Waals surface area contributed by atoms with Crippen molar-refractivity contribution < 1.29 is 46.3 Å². The first-order valence-corrected chi connectivity index (χ1v) is 1.97. The molecule has 0 aromatic rings. The van der Waals surface area contributed by atoms with Gasteiger partial charge < -0.3 is 0 Å². The van der Waals surface area contributed by atoms with Gasteiger partial charge in [0.2, 0.25) is 0 Å². The van der Waals surface area contributed by atoms with Gasteiger partial charge in [-0.15, -0.1) is 0 Å². The fourth-order valence-electron chi connectivity index (χ4n) is 0. The molecular formula is Mo2O2. The summed E-state index contributed by atoms with van der Waals surface area (Å²) < 4.78 is 16.5. The van der Waals surface area contributed by atoms with Crippen molar-refractivity contribution in [1.82, 2.24) is 0 Å². The quantitative estimate of drug-likeness (QED) is 0.532. The van der Waals surface area contributed by atoms with Gasteiger partial charge in [-0.25, -0.2) is 0 Å². The van der Waals surface area contributed by atoms with Gasteiger partial charge in [0.25, 0.3) is 0 Å². The topological polar surface area (TPSA) is 34.1 Å². The van der Waals surface area contributed by atoms with Crippen molar-refractivity contribution in [3.63, 3.8) is 0 Å². The normalized spacial score (nSPS) is 2.00. The molecule has 4 heteroatoms. The van der Waals surface area contributed by atoms with Crippen molar-refractivity contribution in [2.75, 3.05) is 0 Å². The zero-order valence-corrected chi connectivity index (χ0v) is 5.65. The Labute approximate surface area is 46.4 Å². The first kappa shape index (κ1) is 8.88. The van der Waals surface area contributed by atoms with Crippen LogP contribution in [0.5, 0.6) is 0 Å². The van der Waals surface area contributed by atoms with Crippen molar-refractivity contribution in [2.45, 2.75) is 0 Å². The molecule has 4 heavy (non-hydrogen) atoms. The molecule has 0 rings (SSSR count). The second kappa shape index (κ2) is 36.9. The van der Waals surface area contributed by atoms with Gasteiger partial charge >= 0.3 is 46.3 Å². The molecule has 0 heterocycles. The molecule has 0 radical (unpaired) electrons. The third-order valence-corrected chi connectivity index (χ3v) is 0. The van der Waals surface area contributed by atoms with Gasteiger partial charge in [0, 0.05) is 0 Å². The van der Waals surface area contributed by atoms with E-state index in [4.69, 9.17) is 6.80 Å². The van der Waals surface area contributed by atoms with Gasteiger partial charge in [-0.2, -0.15) is 0 Å². The Morgan fingerprint density at radius 2 is 0.750 bits per heavy atom. The predicted octanol–water partition coefficient (Wildman–Crippen LogP) is -0.243. The summed E-state index contributed by atoms with van der Waals surface area (Å²) in [5, 5.41) is 0. The first-order valence-electron chi connectivity index (χ1n) is 0.333. The summed E-state index contributed by atoms with van der Waals surface area (Å²) in [4.78, 5) is 0. The molecule has 0 N–H and O–H groups in total. The summed E-state index contributed by atoms with van der Waals surface area (Å²) in [6.07, 6.45) is 0. The van der Waals surface area contributed by atoms with Gasteiger partial charge in [0.1, 0.15) is 0 Å². The number of rotatable bonds is 0. The van der Waals surface area contributed by atoms with Crippen molar-refractivity contribution in [1.29, 1.82) is 0 Å². The molecule has 24 valence electrons. The standard InChI is InChI=1S/2Mo.2O. The van der Waals surface area contributed by atoms with E-state index in [9.17, 15) is 0 Å².